The fourth-order valence-corrected chi connectivity index (χ4v) is 4.02. The van der Waals surface area contributed by atoms with Crippen LogP contribution in [0.25, 0.3) is 0 Å². The zero-order chi connectivity index (χ0) is 21.4. The first-order chi connectivity index (χ1) is 13.8. The van der Waals surface area contributed by atoms with Gasteiger partial charge in [0.15, 0.2) is 6.29 Å². The maximum absolute atomic E-state index is 14.2. The number of carbonyl (C=O) groups is 1. The lowest BCUT2D eigenvalue weighted by atomic mass is 10.2. The number of benzene rings is 2. The second-order valence-electron chi connectivity index (χ2n) is 5.91. The van der Waals surface area contributed by atoms with Crippen molar-refractivity contribution in [3.8, 4) is 0 Å². The molecule has 2 aromatic carbocycles. The molecule has 1 N–H and O–H groups in total. The van der Waals surface area contributed by atoms with Crippen molar-refractivity contribution >= 4 is 21.6 Å². The highest BCUT2D eigenvalue weighted by molar-refractivity contribution is 7.92. The van der Waals surface area contributed by atoms with E-state index in [2.05, 4.69) is 11.9 Å². The molecule has 7 nitrogen and oxygen atoms in total. The van der Waals surface area contributed by atoms with Gasteiger partial charge >= 0.3 is 0 Å². The van der Waals surface area contributed by atoms with E-state index in [1.165, 1.54) is 20.3 Å². The monoisotopic (exact) mass is 422 g/mol. The van der Waals surface area contributed by atoms with Gasteiger partial charge < -0.3 is 14.8 Å². The Balaban J connectivity index is 2.37. The van der Waals surface area contributed by atoms with E-state index >= 15 is 0 Å². The van der Waals surface area contributed by atoms with Crippen LogP contribution in [0.3, 0.4) is 0 Å². The molecular weight excluding hydrogens is 399 g/mol. The molecular formula is C20H23FN2O5S. The predicted molar refractivity (Wildman–Crippen MR) is 108 cm³/mol. The summed E-state index contributed by atoms with van der Waals surface area (Å²) >= 11 is 0. The first-order valence-electron chi connectivity index (χ1n) is 8.67. The number of nitrogens with one attached hydrogen (secondary N) is 1. The van der Waals surface area contributed by atoms with Crippen molar-refractivity contribution in [2.24, 2.45) is 0 Å². The Morgan fingerprint density at radius 1 is 1.21 bits per heavy atom. The number of methoxy groups -OCH3 is 2. The Labute approximate surface area is 169 Å². The Bertz CT molecular complexity index is 947. The van der Waals surface area contributed by atoms with E-state index in [0.717, 1.165) is 22.5 Å². The third kappa shape index (κ3) is 5.41. The average molecular weight is 422 g/mol. The number of amides is 1. The van der Waals surface area contributed by atoms with Gasteiger partial charge in [-0.2, -0.15) is 0 Å². The van der Waals surface area contributed by atoms with Gasteiger partial charge in [-0.1, -0.05) is 24.3 Å². The van der Waals surface area contributed by atoms with E-state index in [4.69, 9.17) is 9.47 Å². The smallest absolute Gasteiger partial charge is 0.264 e. The van der Waals surface area contributed by atoms with E-state index in [9.17, 15) is 17.6 Å². The third-order valence-electron chi connectivity index (χ3n) is 4.06. The number of nitrogens with zero attached hydrogens (tertiary/aromatic N) is 1. The summed E-state index contributed by atoms with van der Waals surface area (Å²) in [6.45, 7) is 3.57. The van der Waals surface area contributed by atoms with E-state index in [0.29, 0.717) is 5.69 Å². The van der Waals surface area contributed by atoms with Crippen LogP contribution in [-0.4, -0.2) is 47.9 Å². The highest BCUT2D eigenvalue weighted by atomic mass is 32.2. The van der Waals surface area contributed by atoms with Crippen LogP contribution in [0, 0.1) is 5.82 Å². The molecule has 0 saturated carbocycles. The van der Waals surface area contributed by atoms with Gasteiger partial charge in [-0.25, -0.2) is 12.8 Å². The van der Waals surface area contributed by atoms with Gasteiger partial charge in [-0.3, -0.25) is 9.10 Å². The second-order valence-corrected chi connectivity index (χ2v) is 7.78. The van der Waals surface area contributed by atoms with Gasteiger partial charge in [-0.15, -0.1) is 6.58 Å². The lowest BCUT2D eigenvalue weighted by Crippen LogP contribution is -2.35. The fraction of sp³-hybridized carbons (Fsp3) is 0.250. The van der Waals surface area contributed by atoms with Crippen molar-refractivity contribution in [2.75, 3.05) is 31.6 Å². The van der Waals surface area contributed by atoms with Crippen molar-refractivity contribution < 1.29 is 27.1 Å². The summed E-state index contributed by atoms with van der Waals surface area (Å²) in [7, 11) is -1.27. The minimum Gasteiger partial charge on any atom is -0.354 e. The van der Waals surface area contributed by atoms with E-state index in [1.54, 1.807) is 30.3 Å². The quantitative estimate of drug-likeness (QED) is 0.470. The molecule has 2 aromatic rings. The number of hydrogen-bond acceptors (Lipinski definition) is 5. The standard InChI is InChI=1S/C20H23FN2O5S/c1-4-12-23(15-8-6-5-7-9-15)29(25,26)16-10-11-18(21)17(13-16)20(24)22-14-19(27-2)28-3/h4-11,13,19H,1,12,14H2,2-3H3,(H,22,24). The number of para-hydroxylation sites is 1. The number of anilines is 1. The topological polar surface area (TPSA) is 84.9 Å². The lowest BCUT2D eigenvalue weighted by molar-refractivity contribution is -0.0974. The highest BCUT2D eigenvalue weighted by Crippen LogP contribution is 2.25. The molecule has 156 valence electrons. The largest absolute Gasteiger partial charge is 0.354 e. The minimum absolute atomic E-state index is 0.00854. The van der Waals surface area contributed by atoms with Crippen molar-refractivity contribution in [3.05, 3.63) is 72.6 Å². The van der Waals surface area contributed by atoms with Crippen LogP contribution < -0.4 is 9.62 Å². The van der Waals surface area contributed by atoms with Crippen molar-refractivity contribution in [1.82, 2.24) is 5.32 Å². The zero-order valence-corrected chi connectivity index (χ0v) is 17.0. The Hall–Kier alpha value is -2.75. The molecule has 0 aliphatic rings. The van der Waals surface area contributed by atoms with Crippen molar-refractivity contribution in [1.29, 1.82) is 0 Å². The Kier molecular flexibility index (Phi) is 7.89. The SMILES string of the molecule is C=CCN(c1ccccc1)S(=O)(=O)c1ccc(F)c(C(=O)NCC(OC)OC)c1. The van der Waals surface area contributed by atoms with Gasteiger partial charge in [0, 0.05) is 14.2 Å². The molecule has 2 rings (SSSR count). The maximum atomic E-state index is 14.2. The molecule has 0 aromatic heterocycles. The molecule has 0 bridgehead atoms. The van der Waals surface area contributed by atoms with Crippen molar-refractivity contribution in [3.63, 3.8) is 0 Å². The van der Waals surface area contributed by atoms with Gasteiger partial charge in [0.2, 0.25) is 0 Å². The maximum Gasteiger partial charge on any atom is 0.264 e. The summed E-state index contributed by atoms with van der Waals surface area (Å²) in [4.78, 5) is 12.1. The lowest BCUT2D eigenvalue weighted by Gasteiger charge is -2.23. The number of sulfonamides is 1. The predicted octanol–water partition coefficient (Wildman–Crippen LogP) is 2.56. The number of carbonyl (C=O) groups excluding carboxylic acids is 1. The number of rotatable bonds is 10. The van der Waals surface area contributed by atoms with Crippen LogP contribution in [0.2, 0.25) is 0 Å². The molecule has 1 amide bonds. The minimum atomic E-state index is -4.06. The van der Waals surface area contributed by atoms with Crippen LogP contribution in [0.15, 0.2) is 66.1 Å². The van der Waals surface area contributed by atoms with Gasteiger partial charge in [0.25, 0.3) is 15.9 Å². The summed E-state index contributed by atoms with van der Waals surface area (Å²) in [5.74, 6) is -1.63. The van der Waals surface area contributed by atoms with E-state index < -0.39 is 33.6 Å². The number of hydrogen-bond donors (Lipinski definition) is 1. The van der Waals surface area contributed by atoms with Crippen LogP contribution in [0.5, 0.6) is 0 Å². The molecule has 0 atom stereocenters. The number of ether oxygens (including phenoxy) is 2. The van der Waals surface area contributed by atoms with Gasteiger partial charge in [0.1, 0.15) is 5.82 Å². The molecule has 0 unspecified atom stereocenters. The zero-order valence-electron chi connectivity index (χ0n) is 16.2. The third-order valence-corrected chi connectivity index (χ3v) is 5.85. The molecule has 0 saturated heterocycles. The second kappa shape index (κ2) is 10.1. The van der Waals surface area contributed by atoms with Crippen LogP contribution in [0.4, 0.5) is 10.1 Å². The first kappa shape index (κ1) is 22.5. The molecule has 29 heavy (non-hydrogen) atoms. The van der Waals surface area contributed by atoms with Crippen LogP contribution in [0.1, 0.15) is 10.4 Å². The molecule has 0 aliphatic heterocycles. The summed E-state index contributed by atoms with van der Waals surface area (Å²) in [6, 6.07) is 11.5. The summed E-state index contributed by atoms with van der Waals surface area (Å²) < 4.78 is 51.6. The first-order valence-corrected chi connectivity index (χ1v) is 10.1. The summed E-state index contributed by atoms with van der Waals surface area (Å²) in [5, 5.41) is 2.45. The average Bonchev–Trinajstić information content (AvgIpc) is 2.73. The van der Waals surface area contributed by atoms with Crippen LogP contribution >= 0.6 is 0 Å². The van der Waals surface area contributed by atoms with Crippen molar-refractivity contribution in [2.45, 2.75) is 11.2 Å². The van der Waals surface area contributed by atoms with Gasteiger partial charge in [0.05, 0.1) is 29.2 Å². The molecule has 0 fully saturated rings. The highest BCUT2D eigenvalue weighted by Gasteiger charge is 2.26. The van der Waals surface area contributed by atoms with Crippen LogP contribution in [-0.2, 0) is 19.5 Å². The Morgan fingerprint density at radius 3 is 2.45 bits per heavy atom. The summed E-state index contributed by atoms with van der Waals surface area (Å²) in [5.41, 5.74) is 0.0226. The fourth-order valence-electron chi connectivity index (χ4n) is 2.55. The van der Waals surface area contributed by atoms with E-state index in [1.807, 2.05) is 0 Å². The molecule has 0 radical (unpaired) electrons. The number of halogens is 1. The molecule has 9 heteroatoms. The summed E-state index contributed by atoms with van der Waals surface area (Å²) in [6.07, 6.45) is 0.729. The van der Waals surface area contributed by atoms with E-state index in [-0.39, 0.29) is 18.0 Å². The molecule has 0 spiro atoms. The normalized spacial score (nSPS) is 11.3. The Morgan fingerprint density at radius 2 is 1.86 bits per heavy atom. The molecule has 0 aliphatic carbocycles. The van der Waals surface area contributed by atoms with Gasteiger partial charge in [-0.05, 0) is 30.3 Å². The molecule has 0 heterocycles.